The quantitative estimate of drug-likeness (QED) is 0.706. The summed E-state index contributed by atoms with van der Waals surface area (Å²) in [5.74, 6) is 0. The summed E-state index contributed by atoms with van der Waals surface area (Å²) in [5, 5.41) is 8.57. The van der Waals surface area contributed by atoms with Crippen LogP contribution in [-0.2, 0) is 4.74 Å². The Morgan fingerprint density at radius 1 is 1.71 bits per heavy atom. The topological polar surface area (TPSA) is 62.3 Å². The van der Waals surface area contributed by atoms with Crippen LogP contribution in [0.2, 0.25) is 0 Å². The minimum atomic E-state index is -0.324. The number of hydrogen-bond acceptors (Lipinski definition) is 4. The summed E-state index contributed by atoms with van der Waals surface area (Å²) in [6.07, 6.45) is 1.86. The summed E-state index contributed by atoms with van der Waals surface area (Å²) in [6.45, 7) is 5.67. The third-order valence-electron chi connectivity index (χ3n) is 2.71. The number of nitriles is 1. The van der Waals surface area contributed by atoms with Gasteiger partial charge in [0.25, 0.3) is 0 Å². The summed E-state index contributed by atoms with van der Waals surface area (Å²) in [5.41, 5.74) is 5.56. The smallest absolute Gasteiger partial charge is 0.0940 e. The fourth-order valence-corrected chi connectivity index (χ4v) is 1.73. The highest BCUT2D eigenvalue weighted by atomic mass is 16.5. The van der Waals surface area contributed by atoms with E-state index >= 15 is 0 Å². The van der Waals surface area contributed by atoms with E-state index in [0.717, 1.165) is 39.1 Å². The van der Waals surface area contributed by atoms with E-state index in [0.29, 0.717) is 6.04 Å². The highest BCUT2D eigenvalue weighted by molar-refractivity contribution is 4.87. The molecular weight excluding hydrogens is 178 g/mol. The lowest BCUT2D eigenvalue weighted by Crippen LogP contribution is -2.46. The molecule has 2 N–H and O–H groups in total. The molecule has 0 aromatic rings. The molecule has 0 radical (unpaired) electrons. The number of hydrogen-bond donors (Lipinski definition) is 1. The maximum Gasteiger partial charge on any atom is 0.0940 e. The zero-order valence-electron chi connectivity index (χ0n) is 8.78. The first kappa shape index (κ1) is 11.4. The maximum absolute atomic E-state index is 8.57. The van der Waals surface area contributed by atoms with Crippen LogP contribution in [-0.4, -0.2) is 43.3 Å². The third-order valence-corrected chi connectivity index (χ3v) is 2.71. The Kier molecular flexibility index (Phi) is 4.88. The Labute approximate surface area is 85.6 Å². The van der Waals surface area contributed by atoms with Gasteiger partial charge in [-0.3, -0.25) is 4.90 Å². The van der Waals surface area contributed by atoms with Crippen molar-refractivity contribution in [3.05, 3.63) is 0 Å². The minimum Gasteiger partial charge on any atom is -0.378 e. The Balaban J connectivity index is 2.30. The molecule has 4 heteroatoms. The summed E-state index contributed by atoms with van der Waals surface area (Å²) in [4.78, 5) is 2.38. The van der Waals surface area contributed by atoms with Crippen LogP contribution in [0.15, 0.2) is 0 Å². The molecule has 0 amide bonds. The molecule has 0 saturated carbocycles. The normalized spacial score (nSPS) is 25.6. The second-order valence-electron chi connectivity index (χ2n) is 3.70. The van der Waals surface area contributed by atoms with Gasteiger partial charge in [0.2, 0.25) is 0 Å². The second kappa shape index (κ2) is 5.97. The van der Waals surface area contributed by atoms with E-state index in [9.17, 15) is 0 Å². The SMILES string of the molecule is CCC1COCCN1CCC(N)C#N. The molecule has 1 rings (SSSR count). The molecule has 2 unspecified atom stereocenters. The molecule has 0 spiro atoms. The predicted molar refractivity (Wildman–Crippen MR) is 54.7 cm³/mol. The van der Waals surface area contributed by atoms with Gasteiger partial charge in [-0.2, -0.15) is 5.26 Å². The summed E-state index contributed by atoms with van der Waals surface area (Å²) in [6, 6.07) is 2.24. The molecule has 1 saturated heterocycles. The van der Waals surface area contributed by atoms with Crippen molar-refractivity contribution in [2.24, 2.45) is 5.73 Å². The zero-order valence-corrected chi connectivity index (χ0v) is 8.78. The predicted octanol–water partition coefficient (Wildman–Crippen LogP) is 0.338. The fraction of sp³-hybridized carbons (Fsp3) is 0.900. The van der Waals surface area contributed by atoms with Gasteiger partial charge < -0.3 is 10.5 Å². The summed E-state index contributed by atoms with van der Waals surface area (Å²) in [7, 11) is 0. The molecule has 1 heterocycles. The molecule has 1 aliphatic rings. The highest BCUT2D eigenvalue weighted by Crippen LogP contribution is 2.10. The second-order valence-corrected chi connectivity index (χ2v) is 3.70. The largest absolute Gasteiger partial charge is 0.378 e. The van der Waals surface area contributed by atoms with Crippen molar-refractivity contribution in [2.45, 2.75) is 31.8 Å². The van der Waals surface area contributed by atoms with E-state index in [2.05, 4.69) is 17.9 Å². The number of morpholine rings is 1. The standard InChI is InChI=1S/C10H19N3O/c1-2-10-8-14-6-5-13(10)4-3-9(12)7-11/h9-10H,2-6,8,12H2,1H3. The van der Waals surface area contributed by atoms with Crippen LogP contribution in [0.1, 0.15) is 19.8 Å². The van der Waals surface area contributed by atoms with Crippen LogP contribution in [0.3, 0.4) is 0 Å². The van der Waals surface area contributed by atoms with E-state index < -0.39 is 0 Å². The lowest BCUT2D eigenvalue weighted by molar-refractivity contribution is -0.00915. The molecule has 0 bridgehead atoms. The van der Waals surface area contributed by atoms with Gasteiger partial charge in [-0.15, -0.1) is 0 Å². The zero-order chi connectivity index (χ0) is 10.4. The van der Waals surface area contributed by atoms with Crippen LogP contribution < -0.4 is 5.73 Å². The summed E-state index contributed by atoms with van der Waals surface area (Å²) < 4.78 is 5.40. The van der Waals surface area contributed by atoms with Crippen LogP contribution in [0, 0.1) is 11.3 Å². The number of nitrogens with two attached hydrogens (primary N) is 1. The van der Waals surface area contributed by atoms with Gasteiger partial charge in [-0.1, -0.05) is 6.92 Å². The van der Waals surface area contributed by atoms with E-state index in [1.54, 1.807) is 0 Å². The fourth-order valence-electron chi connectivity index (χ4n) is 1.73. The average molecular weight is 197 g/mol. The average Bonchev–Trinajstić information content (AvgIpc) is 2.26. The molecule has 2 atom stereocenters. The molecule has 0 aromatic carbocycles. The molecule has 0 aromatic heterocycles. The Bertz CT molecular complexity index is 202. The van der Waals surface area contributed by atoms with Crippen LogP contribution >= 0.6 is 0 Å². The van der Waals surface area contributed by atoms with Gasteiger partial charge in [0, 0.05) is 19.1 Å². The van der Waals surface area contributed by atoms with E-state index in [4.69, 9.17) is 15.7 Å². The van der Waals surface area contributed by atoms with Crippen molar-refractivity contribution in [1.82, 2.24) is 4.90 Å². The Morgan fingerprint density at radius 3 is 3.14 bits per heavy atom. The van der Waals surface area contributed by atoms with Gasteiger partial charge >= 0.3 is 0 Å². The van der Waals surface area contributed by atoms with Crippen molar-refractivity contribution >= 4 is 0 Å². The Hall–Kier alpha value is -0.630. The molecule has 1 aliphatic heterocycles. The van der Waals surface area contributed by atoms with Gasteiger partial charge in [-0.05, 0) is 12.8 Å². The molecule has 14 heavy (non-hydrogen) atoms. The molecule has 1 fully saturated rings. The van der Waals surface area contributed by atoms with Crippen LogP contribution in [0.5, 0.6) is 0 Å². The molecule has 0 aliphatic carbocycles. The van der Waals surface area contributed by atoms with E-state index in [1.807, 2.05) is 0 Å². The lowest BCUT2D eigenvalue weighted by atomic mass is 10.1. The van der Waals surface area contributed by atoms with Gasteiger partial charge in [-0.25, -0.2) is 0 Å². The molecular formula is C10H19N3O. The van der Waals surface area contributed by atoms with Gasteiger partial charge in [0.15, 0.2) is 0 Å². The van der Waals surface area contributed by atoms with Gasteiger partial charge in [0.1, 0.15) is 0 Å². The van der Waals surface area contributed by atoms with E-state index in [1.165, 1.54) is 0 Å². The van der Waals surface area contributed by atoms with Crippen molar-refractivity contribution in [1.29, 1.82) is 5.26 Å². The minimum absolute atomic E-state index is 0.324. The number of ether oxygens (including phenoxy) is 1. The highest BCUT2D eigenvalue weighted by Gasteiger charge is 2.21. The Morgan fingerprint density at radius 2 is 2.50 bits per heavy atom. The first-order valence-corrected chi connectivity index (χ1v) is 5.25. The van der Waals surface area contributed by atoms with Crippen LogP contribution in [0.25, 0.3) is 0 Å². The maximum atomic E-state index is 8.57. The van der Waals surface area contributed by atoms with Crippen molar-refractivity contribution in [3.8, 4) is 6.07 Å². The van der Waals surface area contributed by atoms with Crippen molar-refractivity contribution in [2.75, 3.05) is 26.3 Å². The first-order chi connectivity index (χ1) is 6.77. The lowest BCUT2D eigenvalue weighted by Gasteiger charge is -2.35. The monoisotopic (exact) mass is 197 g/mol. The van der Waals surface area contributed by atoms with Crippen molar-refractivity contribution in [3.63, 3.8) is 0 Å². The van der Waals surface area contributed by atoms with E-state index in [-0.39, 0.29) is 6.04 Å². The first-order valence-electron chi connectivity index (χ1n) is 5.25. The molecule has 80 valence electrons. The number of rotatable bonds is 4. The number of nitrogens with zero attached hydrogens (tertiary/aromatic N) is 2. The van der Waals surface area contributed by atoms with Crippen molar-refractivity contribution < 1.29 is 4.74 Å². The van der Waals surface area contributed by atoms with Crippen LogP contribution in [0.4, 0.5) is 0 Å². The molecule has 4 nitrogen and oxygen atoms in total. The third kappa shape index (κ3) is 3.26. The van der Waals surface area contributed by atoms with Gasteiger partial charge in [0.05, 0.1) is 25.3 Å². The summed E-state index contributed by atoms with van der Waals surface area (Å²) >= 11 is 0.